The topological polar surface area (TPSA) is 77.1 Å². The Morgan fingerprint density at radius 1 is 1.22 bits per heavy atom. The first-order valence-corrected chi connectivity index (χ1v) is 8.57. The number of rotatable bonds is 6. The summed E-state index contributed by atoms with van der Waals surface area (Å²) in [6, 6.07) is 12.2. The molecule has 0 spiro atoms. The molecule has 7 heteroatoms. The van der Waals surface area contributed by atoms with E-state index in [2.05, 4.69) is 5.32 Å². The van der Waals surface area contributed by atoms with E-state index in [1.54, 1.807) is 44.6 Å². The fourth-order valence-electron chi connectivity index (χ4n) is 3.01. The van der Waals surface area contributed by atoms with Crippen molar-refractivity contribution in [1.82, 2.24) is 5.32 Å². The number of carbonyl (C=O) groups excluding carboxylic acids is 2. The van der Waals surface area contributed by atoms with Crippen LogP contribution in [0.25, 0.3) is 0 Å². The predicted octanol–water partition coefficient (Wildman–Crippen LogP) is 2.31. The first kappa shape index (κ1) is 18.6. The monoisotopic (exact) mass is 370 g/mol. The van der Waals surface area contributed by atoms with Crippen LogP contribution in [0, 0.1) is 0 Å². The van der Waals surface area contributed by atoms with Crippen molar-refractivity contribution in [1.29, 1.82) is 0 Å². The second kappa shape index (κ2) is 7.99. The maximum Gasteiger partial charge on any atom is 0.265 e. The number of nitrogens with one attached hydrogen (secondary N) is 1. The van der Waals surface area contributed by atoms with Crippen LogP contribution in [0.3, 0.4) is 0 Å². The van der Waals surface area contributed by atoms with E-state index in [1.807, 2.05) is 19.1 Å². The molecule has 0 bridgehead atoms. The fourth-order valence-corrected chi connectivity index (χ4v) is 3.01. The molecule has 0 fully saturated rings. The molecule has 0 aromatic heterocycles. The lowest BCUT2D eigenvalue weighted by Crippen LogP contribution is -2.45. The van der Waals surface area contributed by atoms with E-state index in [-0.39, 0.29) is 31.0 Å². The maximum atomic E-state index is 12.6. The predicted molar refractivity (Wildman–Crippen MR) is 100 cm³/mol. The second-order valence-electron chi connectivity index (χ2n) is 6.13. The Hall–Kier alpha value is -3.22. The molecule has 1 N–H and O–H groups in total. The average molecular weight is 370 g/mol. The van der Waals surface area contributed by atoms with E-state index >= 15 is 0 Å². The lowest BCUT2D eigenvalue weighted by Gasteiger charge is -2.29. The van der Waals surface area contributed by atoms with Gasteiger partial charge in [0.2, 0.25) is 5.91 Å². The van der Waals surface area contributed by atoms with Gasteiger partial charge in [0.05, 0.1) is 25.9 Å². The molecule has 0 saturated heterocycles. The minimum atomic E-state index is -0.325. The highest BCUT2D eigenvalue weighted by molar-refractivity contribution is 6.02. The van der Waals surface area contributed by atoms with Gasteiger partial charge in [-0.1, -0.05) is 12.1 Å². The smallest absolute Gasteiger partial charge is 0.265 e. The summed E-state index contributed by atoms with van der Waals surface area (Å²) in [4.78, 5) is 26.2. The standard InChI is InChI=1S/C20H22N2O5/c1-13(15-10-14(25-2)8-9-17(15)26-3)21-19(23)11-22-16-6-4-5-7-18(16)27-12-20(22)24/h4-10,13H,11-12H2,1-3H3,(H,21,23). The van der Waals surface area contributed by atoms with Crippen molar-refractivity contribution in [2.75, 3.05) is 32.3 Å². The van der Waals surface area contributed by atoms with Gasteiger partial charge in [-0.3, -0.25) is 14.5 Å². The number of carbonyl (C=O) groups is 2. The Balaban J connectivity index is 1.74. The molecule has 0 aliphatic carbocycles. The molecule has 2 aromatic rings. The fraction of sp³-hybridized carbons (Fsp3) is 0.300. The van der Waals surface area contributed by atoms with Gasteiger partial charge < -0.3 is 19.5 Å². The molecule has 0 radical (unpaired) electrons. The van der Waals surface area contributed by atoms with Crippen LogP contribution in [0.4, 0.5) is 5.69 Å². The van der Waals surface area contributed by atoms with E-state index in [0.717, 1.165) is 5.56 Å². The van der Waals surface area contributed by atoms with Crippen molar-refractivity contribution >= 4 is 17.5 Å². The molecule has 1 aliphatic rings. The van der Waals surface area contributed by atoms with Crippen LogP contribution < -0.4 is 24.4 Å². The van der Waals surface area contributed by atoms with Gasteiger partial charge >= 0.3 is 0 Å². The number of fused-ring (bicyclic) bond motifs is 1. The number of nitrogens with zero attached hydrogens (tertiary/aromatic N) is 1. The van der Waals surface area contributed by atoms with Gasteiger partial charge in [0.25, 0.3) is 5.91 Å². The summed E-state index contributed by atoms with van der Waals surface area (Å²) >= 11 is 0. The molecular weight excluding hydrogens is 348 g/mol. The maximum absolute atomic E-state index is 12.6. The van der Waals surface area contributed by atoms with Crippen molar-refractivity contribution in [3.8, 4) is 17.2 Å². The highest BCUT2D eigenvalue weighted by Gasteiger charge is 2.27. The zero-order valence-electron chi connectivity index (χ0n) is 15.5. The lowest BCUT2D eigenvalue weighted by molar-refractivity contribution is -0.125. The summed E-state index contributed by atoms with van der Waals surface area (Å²) in [5.74, 6) is 1.38. The molecule has 1 aliphatic heterocycles. The molecule has 1 unspecified atom stereocenters. The third-order valence-electron chi connectivity index (χ3n) is 4.39. The Morgan fingerprint density at radius 2 is 2.00 bits per heavy atom. The molecule has 0 saturated carbocycles. The normalized spacial score (nSPS) is 14.0. The van der Waals surface area contributed by atoms with E-state index in [4.69, 9.17) is 14.2 Å². The molecule has 7 nitrogen and oxygen atoms in total. The number of anilines is 1. The number of hydrogen-bond acceptors (Lipinski definition) is 5. The quantitative estimate of drug-likeness (QED) is 0.844. The number of ether oxygens (including phenoxy) is 3. The number of amides is 2. The minimum Gasteiger partial charge on any atom is -0.497 e. The van der Waals surface area contributed by atoms with Gasteiger partial charge in [-0.15, -0.1) is 0 Å². The molecule has 142 valence electrons. The van der Waals surface area contributed by atoms with Crippen LogP contribution in [-0.4, -0.2) is 39.2 Å². The Bertz CT molecular complexity index is 852. The second-order valence-corrected chi connectivity index (χ2v) is 6.13. The first-order chi connectivity index (χ1) is 13.0. The van der Waals surface area contributed by atoms with Crippen molar-refractivity contribution < 1.29 is 23.8 Å². The average Bonchev–Trinajstić information content (AvgIpc) is 2.69. The van der Waals surface area contributed by atoms with Crippen molar-refractivity contribution in [2.45, 2.75) is 13.0 Å². The zero-order chi connectivity index (χ0) is 19.4. The van der Waals surface area contributed by atoms with E-state index in [9.17, 15) is 9.59 Å². The SMILES string of the molecule is COc1ccc(OC)c(C(C)NC(=O)CN2C(=O)COc3ccccc32)c1. The highest BCUT2D eigenvalue weighted by Crippen LogP contribution is 2.32. The van der Waals surface area contributed by atoms with E-state index < -0.39 is 0 Å². The molecule has 1 heterocycles. The van der Waals surface area contributed by atoms with Gasteiger partial charge in [0.15, 0.2) is 6.61 Å². The lowest BCUT2D eigenvalue weighted by atomic mass is 10.1. The summed E-state index contributed by atoms with van der Waals surface area (Å²) in [7, 11) is 3.15. The van der Waals surface area contributed by atoms with Crippen LogP contribution in [0.1, 0.15) is 18.5 Å². The molecule has 27 heavy (non-hydrogen) atoms. The molecular formula is C20H22N2O5. The Morgan fingerprint density at radius 3 is 2.74 bits per heavy atom. The van der Waals surface area contributed by atoms with Gasteiger partial charge in [-0.25, -0.2) is 0 Å². The van der Waals surface area contributed by atoms with Gasteiger partial charge in [0.1, 0.15) is 23.8 Å². The summed E-state index contributed by atoms with van der Waals surface area (Å²) in [5, 5.41) is 2.91. The summed E-state index contributed by atoms with van der Waals surface area (Å²) in [6.07, 6.45) is 0. The van der Waals surface area contributed by atoms with Crippen molar-refractivity contribution in [3.05, 3.63) is 48.0 Å². The van der Waals surface area contributed by atoms with Crippen LogP contribution >= 0.6 is 0 Å². The van der Waals surface area contributed by atoms with Gasteiger partial charge in [-0.05, 0) is 37.3 Å². The number of para-hydroxylation sites is 2. The van der Waals surface area contributed by atoms with Crippen LogP contribution in [0.5, 0.6) is 17.2 Å². The highest BCUT2D eigenvalue weighted by atomic mass is 16.5. The summed E-state index contributed by atoms with van der Waals surface area (Å²) in [5.41, 5.74) is 1.38. The molecule has 3 rings (SSSR count). The van der Waals surface area contributed by atoms with Crippen LogP contribution in [0.15, 0.2) is 42.5 Å². The van der Waals surface area contributed by atoms with Crippen LogP contribution in [0.2, 0.25) is 0 Å². The third kappa shape index (κ3) is 3.97. The van der Waals surface area contributed by atoms with E-state index in [1.165, 1.54) is 4.90 Å². The van der Waals surface area contributed by atoms with E-state index in [0.29, 0.717) is 22.9 Å². The van der Waals surface area contributed by atoms with Crippen molar-refractivity contribution in [3.63, 3.8) is 0 Å². The number of hydrogen-bond donors (Lipinski definition) is 1. The molecule has 2 aromatic carbocycles. The van der Waals surface area contributed by atoms with Crippen LogP contribution in [-0.2, 0) is 9.59 Å². The Labute approximate surface area is 157 Å². The molecule has 1 atom stereocenters. The molecule has 2 amide bonds. The van der Waals surface area contributed by atoms with Gasteiger partial charge in [0, 0.05) is 5.56 Å². The number of methoxy groups -OCH3 is 2. The first-order valence-electron chi connectivity index (χ1n) is 8.57. The third-order valence-corrected chi connectivity index (χ3v) is 4.39. The van der Waals surface area contributed by atoms with Gasteiger partial charge in [-0.2, -0.15) is 0 Å². The minimum absolute atomic E-state index is 0.0798. The largest absolute Gasteiger partial charge is 0.497 e. The Kier molecular flexibility index (Phi) is 5.49. The van der Waals surface area contributed by atoms with Crippen molar-refractivity contribution in [2.24, 2.45) is 0 Å². The number of benzene rings is 2. The zero-order valence-corrected chi connectivity index (χ0v) is 15.5. The summed E-state index contributed by atoms with van der Waals surface area (Å²) in [6.45, 7) is 1.68. The summed E-state index contributed by atoms with van der Waals surface area (Å²) < 4.78 is 16.0.